The number of aliphatic hydroxyl groups excluding tert-OH is 1. The molecule has 3 aliphatic carbocycles. The summed E-state index contributed by atoms with van der Waals surface area (Å²) in [5.74, 6) is 1.77. The molecule has 10 heteroatoms. The van der Waals surface area contributed by atoms with E-state index in [1.807, 2.05) is 6.92 Å². The van der Waals surface area contributed by atoms with Gasteiger partial charge in [0.1, 0.15) is 0 Å². The summed E-state index contributed by atoms with van der Waals surface area (Å²) in [6.07, 6.45) is 7.00. The first kappa shape index (κ1) is 19.4. The van der Waals surface area contributed by atoms with Gasteiger partial charge >= 0.3 is 0 Å². The molecule has 5 rings (SSSR count). The zero-order valence-corrected chi connectivity index (χ0v) is 17.2. The maximum atomic E-state index is 13.1. The Bertz CT molecular complexity index is 1110. The van der Waals surface area contributed by atoms with Crippen molar-refractivity contribution in [1.82, 2.24) is 15.2 Å². The molecule has 158 valence electrons. The molecule has 0 bridgehead atoms. The largest absolute Gasteiger partial charge is 0.355 e. The molecule has 1 atom stereocenters. The standard InChI is InChI=1S/C20H22N4O5S/c1-3-8-23-15-5-4-13(30(28,29)22-19(2)6-7-19)9-14(15)16(25)24(18(23)27)21-17(26)20-10-12(20)11-20/h1,4-5,9,12,18,22,27H,6-8,10-11H2,2H3,(H,21,26). The molecule has 3 saturated carbocycles. The van der Waals surface area contributed by atoms with Crippen LogP contribution in [0.1, 0.15) is 43.0 Å². The molecule has 3 fully saturated rings. The van der Waals surface area contributed by atoms with E-state index in [2.05, 4.69) is 16.1 Å². The van der Waals surface area contributed by atoms with Gasteiger partial charge in [-0.1, -0.05) is 5.92 Å². The Kier molecular flexibility index (Phi) is 3.85. The Hall–Kier alpha value is -2.61. The molecule has 1 aromatic carbocycles. The lowest BCUT2D eigenvalue weighted by atomic mass is 10.1. The third kappa shape index (κ3) is 2.88. The molecule has 4 aliphatic rings. The van der Waals surface area contributed by atoms with Gasteiger partial charge < -0.3 is 10.0 Å². The van der Waals surface area contributed by atoms with E-state index >= 15 is 0 Å². The van der Waals surface area contributed by atoms with Gasteiger partial charge in [-0.05, 0) is 56.7 Å². The topological polar surface area (TPSA) is 119 Å². The summed E-state index contributed by atoms with van der Waals surface area (Å²) in [5, 5.41) is 11.5. The van der Waals surface area contributed by atoms with Crippen molar-refractivity contribution >= 4 is 27.5 Å². The number of carbonyl (C=O) groups is 2. The Labute approximate surface area is 174 Å². The van der Waals surface area contributed by atoms with Gasteiger partial charge in [0.2, 0.25) is 22.3 Å². The van der Waals surface area contributed by atoms with Gasteiger partial charge in [-0.3, -0.25) is 15.0 Å². The Morgan fingerprint density at radius 3 is 2.60 bits per heavy atom. The summed E-state index contributed by atoms with van der Waals surface area (Å²) < 4.78 is 28.2. The van der Waals surface area contributed by atoms with Crippen LogP contribution in [0.5, 0.6) is 0 Å². The number of benzene rings is 1. The predicted molar refractivity (Wildman–Crippen MR) is 106 cm³/mol. The van der Waals surface area contributed by atoms with E-state index in [1.54, 1.807) is 0 Å². The van der Waals surface area contributed by atoms with Gasteiger partial charge in [0.25, 0.3) is 5.91 Å². The highest BCUT2D eigenvalue weighted by Crippen LogP contribution is 2.75. The summed E-state index contributed by atoms with van der Waals surface area (Å²) in [7, 11) is -3.83. The van der Waals surface area contributed by atoms with Crippen molar-refractivity contribution in [2.45, 2.75) is 49.4 Å². The lowest BCUT2D eigenvalue weighted by Crippen LogP contribution is -2.62. The second-order valence-corrected chi connectivity index (χ2v) is 10.6. The first-order valence-electron chi connectivity index (χ1n) is 9.81. The van der Waals surface area contributed by atoms with Gasteiger partial charge in [-0.2, -0.15) is 0 Å². The van der Waals surface area contributed by atoms with E-state index in [0.29, 0.717) is 11.6 Å². The molecule has 0 saturated heterocycles. The third-order valence-corrected chi connectivity index (χ3v) is 8.18. The number of nitrogens with one attached hydrogen (secondary N) is 2. The van der Waals surface area contributed by atoms with Crippen LogP contribution in [0.25, 0.3) is 0 Å². The van der Waals surface area contributed by atoms with Crippen molar-refractivity contribution in [2.24, 2.45) is 11.3 Å². The predicted octanol–water partition coefficient (Wildman–Crippen LogP) is 0.130. The molecule has 9 nitrogen and oxygen atoms in total. The Morgan fingerprint density at radius 2 is 2.03 bits per heavy atom. The van der Waals surface area contributed by atoms with Crippen molar-refractivity contribution in [2.75, 3.05) is 11.4 Å². The van der Waals surface area contributed by atoms with E-state index in [4.69, 9.17) is 6.42 Å². The number of fused-ring (bicyclic) bond motifs is 2. The Balaban J connectivity index is 1.49. The Morgan fingerprint density at radius 1 is 1.37 bits per heavy atom. The van der Waals surface area contributed by atoms with Crippen LogP contribution in [-0.2, 0) is 14.8 Å². The maximum absolute atomic E-state index is 13.1. The average molecular weight is 430 g/mol. The highest BCUT2D eigenvalue weighted by Gasteiger charge is 2.75. The van der Waals surface area contributed by atoms with E-state index < -0.39 is 33.2 Å². The second kappa shape index (κ2) is 5.97. The number of amides is 2. The lowest BCUT2D eigenvalue weighted by molar-refractivity contribution is -0.132. The number of carbonyl (C=O) groups excluding carboxylic acids is 2. The van der Waals surface area contributed by atoms with Crippen molar-refractivity contribution < 1.29 is 23.1 Å². The van der Waals surface area contributed by atoms with Gasteiger partial charge in [0, 0.05) is 5.54 Å². The molecule has 0 aromatic heterocycles. The van der Waals surface area contributed by atoms with Gasteiger partial charge in [0.05, 0.1) is 28.1 Å². The van der Waals surface area contributed by atoms with Gasteiger partial charge in [0.15, 0.2) is 0 Å². The van der Waals surface area contributed by atoms with Crippen LogP contribution in [0.4, 0.5) is 5.69 Å². The van der Waals surface area contributed by atoms with Crippen molar-refractivity contribution in [1.29, 1.82) is 0 Å². The van der Waals surface area contributed by atoms with Crippen LogP contribution in [0.3, 0.4) is 0 Å². The van der Waals surface area contributed by atoms with Crippen LogP contribution in [0.15, 0.2) is 23.1 Å². The quantitative estimate of drug-likeness (QED) is 0.552. The number of aliphatic hydroxyl groups is 1. The van der Waals surface area contributed by atoms with Crippen LogP contribution in [0.2, 0.25) is 0 Å². The van der Waals surface area contributed by atoms with Gasteiger partial charge in [-0.15, -0.1) is 6.42 Å². The SMILES string of the molecule is C#CCN1c2ccc(S(=O)(=O)NC3(C)CC3)cc2C(=O)N(NC(=O)C23CC2C3)C1O. The van der Waals surface area contributed by atoms with E-state index in [0.717, 1.165) is 30.7 Å². The molecule has 1 aliphatic heterocycles. The average Bonchev–Trinajstić information content (AvgIpc) is 3.58. The van der Waals surface area contributed by atoms with Crippen molar-refractivity contribution in [3.8, 4) is 12.3 Å². The van der Waals surface area contributed by atoms with Crippen LogP contribution >= 0.6 is 0 Å². The number of terminal acetylenes is 1. The highest BCUT2D eigenvalue weighted by molar-refractivity contribution is 7.89. The molecular formula is C20H22N4O5S. The minimum atomic E-state index is -3.83. The van der Waals surface area contributed by atoms with Crippen LogP contribution in [0, 0.1) is 23.7 Å². The van der Waals surface area contributed by atoms with Crippen LogP contribution in [-0.4, -0.2) is 48.8 Å². The summed E-state index contributed by atoms with van der Waals surface area (Å²) in [6.45, 7) is 1.78. The summed E-state index contributed by atoms with van der Waals surface area (Å²) in [6, 6.07) is 4.09. The number of anilines is 1. The molecule has 30 heavy (non-hydrogen) atoms. The first-order valence-corrected chi connectivity index (χ1v) is 11.3. The normalized spacial score (nSPS) is 30.1. The molecule has 1 heterocycles. The van der Waals surface area contributed by atoms with Gasteiger partial charge in [-0.25, -0.2) is 18.1 Å². The number of hydrazine groups is 1. The minimum absolute atomic E-state index is 0.0377. The van der Waals surface area contributed by atoms with E-state index in [9.17, 15) is 23.1 Å². The smallest absolute Gasteiger partial charge is 0.278 e. The molecule has 0 radical (unpaired) electrons. The minimum Gasteiger partial charge on any atom is -0.355 e. The third-order valence-electron chi connectivity index (χ3n) is 6.55. The molecule has 1 aromatic rings. The monoisotopic (exact) mass is 430 g/mol. The fraction of sp³-hybridized carbons (Fsp3) is 0.500. The van der Waals surface area contributed by atoms with E-state index in [1.165, 1.54) is 23.1 Å². The molecule has 2 amide bonds. The fourth-order valence-corrected chi connectivity index (χ4v) is 5.43. The fourth-order valence-electron chi connectivity index (χ4n) is 3.94. The number of hydrogen-bond acceptors (Lipinski definition) is 6. The molecule has 3 N–H and O–H groups in total. The number of nitrogens with zero attached hydrogens (tertiary/aromatic N) is 2. The highest BCUT2D eigenvalue weighted by atomic mass is 32.2. The molecule has 0 spiro atoms. The number of sulfonamides is 1. The van der Waals surface area contributed by atoms with Crippen molar-refractivity contribution in [3.05, 3.63) is 23.8 Å². The second-order valence-electron chi connectivity index (χ2n) is 8.90. The summed E-state index contributed by atoms with van der Waals surface area (Å²) in [5.41, 5.74) is 1.99. The summed E-state index contributed by atoms with van der Waals surface area (Å²) in [4.78, 5) is 26.9. The van der Waals surface area contributed by atoms with Crippen LogP contribution < -0.4 is 15.0 Å². The molecular weight excluding hydrogens is 408 g/mol. The maximum Gasteiger partial charge on any atom is 0.278 e. The van der Waals surface area contributed by atoms with Crippen molar-refractivity contribution in [3.63, 3.8) is 0 Å². The zero-order chi connectivity index (χ0) is 21.5. The lowest BCUT2D eigenvalue weighted by Gasteiger charge is -2.41. The summed E-state index contributed by atoms with van der Waals surface area (Å²) >= 11 is 0. The van der Waals surface area contributed by atoms with E-state index in [-0.39, 0.29) is 22.9 Å². The zero-order valence-electron chi connectivity index (χ0n) is 16.4. The molecule has 1 unspecified atom stereocenters. The first-order chi connectivity index (χ1) is 14.1. The number of hydrogen-bond donors (Lipinski definition) is 3. The number of rotatable bonds is 6.